The molecule has 2 aliphatic heterocycles. The average Bonchev–Trinajstić information content (AvgIpc) is 2.69. The number of rotatable bonds is 8. The number of amides is 2. The van der Waals surface area contributed by atoms with E-state index in [9.17, 15) is 25.2 Å². The van der Waals surface area contributed by atoms with Crippen molar-refractivity contribution >= 4 is 17.6 Å². The zero-order valence-electron chi connectivity index (χ0n) is 15.2. The maximum absolute atomic E-state index is 12.5. The average molecular weight is 412 g/mol. The fraction of sp³-hybridized carbons (Fsp3) is 0.938. The highest BCUT2D eigenvalue weighted by Gasteiger charge is 2.46. The Kier molecular flexibility index (Phi) is 9.46. The number of halogens is 1. The van der Waals surface area contributed by atoms with E-state index in [1.165, 1.54) is 4.90 Å². The highest BCUT2D eigenvalue weighted by atomic mass is 35.5. The van der Waals surface area contributed by atoms with Crippen molar-refractivity contribution in [2.24, 2.45) is 0 Å². The van der Waals surface area contributed by atoms with E-state index in [4.69, 9.17) is 21.1 Å². The van der Waals surface area contributed by atoms with Crippen LogP contribution in [0.4, 0.5) is 4.79 Å². The molecule has 2 aliphatic rings. The van der Waals surface area contributed by atoms with E-state index in [2.05, 4.69) is 10.2 Å². The minimum atomic E-state index is -1.54. The van der Waals surface area contributed by atoms with Crippen molar-refractivity contribution in [3.05, 3.63) is 0 Å². The third-order valence-electron chi connectivity index (χ3n) is 4.78. The summed E-state index contributed by atoms with van der Waals surface area (Å²) in [6.45, 7) is 3.66. The molecule has 0 aromatic carbocycles. The maximum atomic E-state index is 12.5. The molecule has 5 N–H and O–H groups in total. The molecule has 2 heterocycles. The van der Waals surface area contributed by atoms with Crippen LogP contribution >= 0.6 is 11.6 Å². The van der Waals surface area contributed by atoms with E-state index in [0.29, 0.717) is 19.6 Å². The number of alkyl halides is 1. The summed E-state index contributed by atoms with van der Waals surface area (Å²) in [5, 5.41) is 42.2. The summed E-state index contributed by atoms with van der Waals surface area (Å²) in [4.78, 5) is 16.0. The lowest BCUT2D eigenvalue weighted by Crippen LogP contribution is -2.65. The number of nitrogens with one attached hydrogen (secondary N) is 1. The number of urea groups is 1. The van der Waals surface area contributed by atoms with E-state index < -0.39 is 43.3 Å². The van der Waals surface area contributed by atoms with Crippen LogP contribution in [0.25, 0.3) is 0 Å². The van der Waals surface area contributed by atoms with Crippen LogP contribution in [-0.2, 0) is 9.47 Å². The second kappa shape index (κ2) is 11.3. The van der Waals surface area contributed by atoms with Gasteiger partial charge in [0.1, 0.15) is 24.4 Å². The van der Waals surface area contributed by atoms with Crippen molar-refractivity contribution in [1.82, 2.24) is 15.1 Å². The molecule has 1 unspecified atom stereocenters. The van der Waals surface area contributed by atoms with Gasteiger partial charge in [-0.2, -0.15) is 0 Å². The molecule has 5 atom stereocenters. The third-order valence-corrected chi connectivity index (χ3v) is 4.97. The number of carbonyl (C=O) groups excluding carboxylic acids is 1. The number of nitrogens with zero attached hydrogens (tertiary/aromatic N) is 2. The Morgan fingerprint density at radius 1 is 1.19 bits per heavy atom. The van der Waals surface area contributed by atoms with Crippen molar-refractivity contribution in [3.63, 3.8) is 0 Å². The van der Waals surface area contributed by atoms with E-state index >= 15 is 0 Å². The molecule has 2 rings (SSSR count). The SMILES string of the molecule is O=C(NCCCl)N(CCCN1CCOCC1)C1O[C@H](CO)[C@H](O)[C@H](O)[C@H]1O. The lowest BCUT2D eigenvalue weighted by Gasteiger charge is -2.44. The molecule has 2 fully saturated rings. The predicted octanol–water partition coefficient (Wildman–Crippen LogP) is -2.24. The van der Waals surface area contributed by atoms with Crippen LogP contribution in [0.5, 0.6) is 0 Å². The number of hydrogen-bond acceptors (Lipinski definition) is 8. The summed E-state index contributed by atoms with van der Waals surface area (Å²) in [7, 11) is 0. The van der Waals surface area contributed by atoms with Gasteiger partial charge in [-0.05, 0) is 6.42 Å². The highest BCUT2D eigenvalue weighted by Crippen LogP contribution is 2.24. The molecule has 27 heavy (non-hydrogen) atoms. The number of morpholine rings is 1. The van der Waals surface area contributed by atoms with E-state index in [-0.39, 0.29) is 19.0 Å². The zero-order valence-corrected chi connectivity index (χ0v) is 16.0. The molecule has 0 spiro atoms. The van der Waals surface area contributed by atoms with Crippen molar-refractivity contribution < 1.29 is 34.7 Å². The number of hydrogen-bond donors (Lipinski definition) is 5. The first-order chi connectivity index (χ1) is 13.0. The van der Waals surface area contributed by atoms with Gasteiger partial charge in [-0.15, -0.1) is 11.6 Å². The first kappa shape index (κ1) is 22.6. The normalized spacial score (nSPS) is 32.3. The molecule has 0 saturated carbocycles. The number of aliphatic hydroxyl groups is 4. The molecule has 2 saturated heterocycles. The van der Waals surface area contributed by atoms with Gasteiger partial charge < -0.3 is 35.2 Å². The lowest BCUT2D eigenvalue weighted by atomic mass is 9.97. The van der Waals surface area contributed by atoms with Gasteiger partial charge in [-0.25, -0.2) is 4.79 Å². The van der Waals surface area contributed by atoms with E-state index in [0.717, 1.165) is 19.6 Å². The molecule has 10 nitrogen and oxygen atoms in total. The molecule has 0 aliphatic carbocycles. The summed E-state index contributed by atoms with van der Waals surface area (Å²) in [5.41, 5.74) is 0. The van der Waals surface area contributed by atoms with Gasteiger partial charge >= 0.3 is 6.03 Å². The molecular formula is C16H30ClN3O7. The fourth-order valence-corrected chi connectivity index (χ4v) is 3.32. The van der Waals surface area contributed by atoms with Crippen LogP contribution in [0.1, 0.15) is 6.42 Å². The monoisotopic (exact) mass is 411 g/mol. The largest absolute Gasteiger partial charge is 0.394 e. The topological polar surface area (TPSA) is 135 Å². The molecule has 158 valence electrons. The van der Waals surface area contributed by atoms with Crippen LogP contribution in [0.15, 0.2) is 0 Å². The summed E-state index contributed by atoms with van der Waals surface area (Å²) < 4.78 is 10.8. The summed E-state index contributed by atoms with van der Waals surface area (Å²) in [6, 6.07) is -0.498. The maximum Gasteiger partial charge on any atom is 0.319 e. The van der Waals surface area contributed by atoms with Crippen molar-refractivity contribution in [3.8, 4) is 0 Å². The Bertz CT molecular complexity index is 454. The number of ether oxygens (including phenoxy) is 2. The molecule has 0 bridgehead atoms. The molecule has 2 amide bonds. The Labute approximate surface area is 163 Å². The molecule has 0 radical (unpaired) electrons. The van der Waals surface area contributed by atoms with Gasteiger partial charge in [0.05, 0.1) is 19.8 Å². The summed E-state index contributed by atoms with van der Waals surface area (Å²) in [6.07, 6.45) is -6.17. The van der Waals surface area contributed by atoms with E-state index in [1.54, 1.807) is 0 Å². The Balaban J connectivity index is 2.02. The molecule has 0 aromatic heterocycles. The van der Waals surface area contributed by atoms with Crippen LogP contribution < -0.4 is 5.32 Å². The minimum absolute atomic E-state index is 0.224. The first-order valence-electron chi connectivity index (χ1n) is 9.20. The predicted molar refractivity (Wildman–Crippen MR) is 96.5 cm³/mol. The third kappa shape index (κ3) is 6.13. The molecular weight excluding hydrogens is 382 g/mol. The summed E-state index contributed by atoms with van der Waals surface area (Å²) >= 11 is 5.62. The first-order valence-corrected chi connectivity index (χ1v) is 9.74. The second-order valence-corrected chi connectivity index (χ2v) is 7.02. The van der Waals surface area contributed by atoms with Gasteiger partial charge in [-0.1, -0.05) is 0 Å². The second-order valence-electron chi connectivity index (χ2n) is 6.64. The lowest BCUT2D eigenvalue weighted by molar-refractivity contribution is -0.257. The van der Waals surface area contributed by atoms with Gasteiger partial charge in [0, 0.05) is 38.6 Å². The molecule has 11 heteroatoms. The number of aliphatic hydroxyl groups excluding tert-OH is 4. The van der Waals surface area contributed by atoms with E-state index in [1.807, 2.05) is 0 Å². The Hall–Kier alpha value is -0.720. The van der Waals surface area contributed by atoms with Crippen LogP contribution in [-0.4, -0.2) is 125 Å². The Morgan fingerprint density at radius 2 is 1.89 bits per heavy atom. The van der Waals surface area contributed by atoms with Gasteiger partial charge in [0.25, 0.3) is 0 Å². The summed E-state index contributed by atoms with van der Waals surface area (Å²) in [5.74, 6) is 0.224. The van der Waals surface area contributed by atoms with Gasteiger partial charge in [-0.3, -0.25) is 9.80 Å². The van der Waals surface area contributed by atoms with Crippen molar-refractivity contribution in [1.29, 1.82) is 0 Å². The smallest absolute Gasteiger partial charge is 0.319 e. The molecule has 0 aromatic rings. The number of carbonyl (C=O) groups is 1. The van der Waals surface area contributed by atoms with Crippen LogP contribution in [0.3, 0.4) is 0 Å². The van der Waals surface area contributed by atoms with Crippen LogP contribution in [0, 0.1) is 0 Å². The highest BCUT2D eigenvalue weighted by molar-refractivity contribution is 6.18. The Morgan fingerprint density at radius 3 is 2.52 bits per heavy atom. The van der Waals surface area contributed by atoms with Crippen molar-refractivity contribution in [2.75, 3.05) is 58.4 Å². The quantitative estimate of drug-likeness (QED) is 0.283. The van der Waals surface area contributed by atoms with Crippen LogP contribution in [0.2, 0.25) is 0 Å². The standard InChI is InChI=1S/C16H30ClN3O7/c17-2-3-18-16(25)20(5-1-4-19-6-8-26-9-7-19)15-14(24)13(23)12(22)11(10-21)27-15/h11-15,21-24H,1-10H2,(H,18,25)/t11-,12+,13+,14-,15?/m1/s1. The van der Waals surface area contributed by atoms with Gasteiger partial charge in [0.15, 0.2) is 6.23 Å². The van der Waals surface area contributed by atoms with Crippen molar-refractivity contribution in [2.45, 2.75) is 37.1 Å². The van der Waals surface area contributed by atoms with Gasteiger partial charge in [0.2, 0.25) is 0 Å². The minimum Gasteiger partial charge on any atom is -0.394 e. The fourth-order valence-electron chi connectivity index (χ4n) is 3.23. The zero-order chi connectivity index (χ0) is 19.8.